The molecule has 3 rings (SSSR count). The predicted molar refractivity (Wildman–Crippen MR) is 84.3 cm³/mol. The molecule has 2 aliphatic rings. The first-order valence-corrected chi connectivity index (χ1v) is 9.26. The Hall–Kier alpha value is -1.64. The van der Waals surface area contributed by atoms with Crippen LogP contribution in [0.4, 0.5) is 4.79 Å². The molecule has 0 aliphatic carbocycles. The van der Waals surface area contributed by atoms with Gasteiger partial charge in [0.25, 0.3) is 0 Å². The van der Waals surface area contributed by atoms with Gasteiger partial charge < -0.3 is 15.0 Å². The molecule has 0 atom stereocenters. The molecule has 0 saturated carbocycles. The zero-order valence-corrected chi connectivity index (χ0v) is 13.6. The molecule has 23 heavy (non-hydrogen) atoms. The largest absolute Gasteiger partial charge is 0.381 e. The summed E-state index contributed by atoms with van der Waals surface area (Å²) in [5, 5.41) is 8.20. The Labute approximate surface area is 135 Å². The normalized spacial score (nSPS) is 19.3. The van der Waals surface area contributed by atoms with Gasteiger partial charge in [0.05, 0.1) is 4.90 Å². The van der Waals surface area contributed by atoms with Crippen LogP contribution in [0.15, 0.2) is 23.1 Å². The highest BCUT2D eigenvalue weighted by molar-refractivity contribution is 7.89. The fourth-order valence-corrected chi connectivity index (χ4v) is 3.56. The smallest absolute Gasteiger partial charge is 0.317 e. The number of hydrogen-bond acceptors (Lipinski definition) is 4. The lowest BCUT2D eigenvalue weighted by atomic mass is 10.00. The van der Waals surface area contributed by atoms with Crippen LogP contribution in [-0.4, -0.2) is 45.1 Å². The predicted octanol–water partition coefficient (Wildman–Crippen LogP) is 0.581. The Morgan fingerprint density at radius 3 is 2.70 bits per heavy atom. The SMILES string of the molecule is NS(=O)(=O)c1ccc2c(c1)CN(C(=O)NC1CCOCC1)CC2. The maximum atomic E-state index is 12.4. The monoisotopic (exact) mass is 339 g/mol. The van der Waals surface area contributed by atoms with E-state index in [1.807, 2.05) is 0 Å². The van der Waals surface area contributed by atoms with E-state index in [9.17, 15) is 13.2 Å². The van der Waals surface area contributed by atoms with Gasteiger partial charge in [0, 0.05) is 32.3 Å². The van der Waals surface area contributed by atoms with E-state index in [0.29, 0.717) is 32.7 Å². The molecular formula is C15H21N3O4S. The van der Waals surface area contributed by atoms with E-state index in [0.717, 1.165) is 24.0 Å². The Morgan fingerprint density at radius 2 is 2.00 bits per heavy atom. The number of benzene rings is 1. The van der Waals surface area contributed by atoms with Gasteiger partial charge in [-0.2, -0.15) is 0 Å². The number of urea groups is 1. The van der Waals surface area contributed by atoms with E-state index in [1.165, 1.54) is 6.07 Å². The van der Waals surface area contributed by atoms with Gasteiger partial charge in [0.1, 0.15) is 0 Å². The lowest BCUT2D eigenvalue weighted by Gasteiger charge is -2.32. The van der Waals surface area contributed by atoms with Crippen LogP contribution in [0.25, 0.3) is 0 Å². The number of hydrogen-bond donors (Lipinski definition) is 2. The van der Waals surface area contributed by atoms with Crippen LogP contribution < -0.4 is 10.5 Å². The highest BCUT2D eigenvalue weighted by atomic mass is 32.2. The van der Waals surface area contributed by atoms with Crippen molar-refractivity contribution < 1.29 is 17.9 Å². The molecule has 1 fully saturated rings. The Kier molecular flexibility index (Phi) is 4.56. The van der Waals surface area contributed by atoms with E-state index in [-0.39, 0.29) is 17.0 Å². The van der Waals surface area contributed by atoms with Crippen molar-refractivity contribution in [1.82, 2.24) is 10.2 Å². The highest BCUT2D eigenvalue weighted by Gasteiger charge is 2.24. The summed E-state index contributed by atoms with van der Waals surface area (Å²) in [7, 11) is -3.73. The molecule has 0 aromatic heterocycles. The first kappa shape index (κ1) is 16.2. The molecule has 7 nitrogen and oxygen atoms in total. The maximum Gasteiger partial charge on any atom is 0.317 e. The standard InChI is InChI=1S/C15H21N3O4S/c16-23(20,21)14-2-1-11-3-6-18(10-12(11)9-14)15(19)17-13-4-7-22-8-5-13/h1-2,9,13H,3-8,10H2,(H,17,19)(H2,16,20,21). The molecule has 8 heteroatoms. The molecule has 1 aromatic rings. The Morgan fingerprint density at radius 1 is 1.26 bits per heavy atom. The van der Waals surface area contributed by atoms with Gasteiger partial charge in [0.15, 0.2) is 0 Å². The summed E-state index contributed by atoms with van der Waals surface area (Å²) in [4.78, 5) is 14.2. The first-order valence-electron chi connectivity index (χ1n) is 7.71. The number of sulfonamides is 1. The van der Waals surface area contributed by atoms with Gasteiger partial charge in [0.2, 0.25) is 10.0 Å². The molecule has 1 saturated heterocycles. The summed E-state index contributed by atoms with van der Waals surface area (Å²) >= 11 is 0. The molecule has 2 amide bonds. The van der Waals surface area contributed by atoms with Crippen molar-refractivity contribution in [2.75, 3.05) is 19.8 Å². The number of nitrogens with one attached hydrogen (secondary N) is 1. The quantitative estimate of drug-likeness (QED) is 0.823. The fraction of sp³-hybridized carbons (Fsp3) is 0.533. The second-order valence-electron chi connectivity index (χ2n) is 5.98. The number of carbonyl (C=O) groups excluding carboxylic acids is 1. The van der Waals surface area contributed by atoms with Crippen LogP contribution >= 0.6 is 0 Å². The number of amides is 2. The Balaban J connectivity index is 1.70. The lowest BCUT2D eigenvalue weighted by molar-refractivity contribution is 0.0778. The summed E-state index contributed by atoms with van der Waals surface area (Å²) in [6.07, 6.45) is 2.36. The van der Waals surface area contributed by atoms with E-state index in [2.05, 4.69) is 5.32 Å². The average molecular weight is 339 g/mol. The molecule has 2 aliphatic heterocycles. The molecule has 126 valence electrons. The van der Waals surface area contributed by atoms with Crippen LogP contribution in [0.2, 0.25) is 0 Å². The van der Waals surface area contributed by atoms with Gasteiger partial charge in [-0.1, -0.05) is 6.07 Å². The van der Waals surface area contributed by atoms with Gasteiger partial charge in [-0.05, 0) is 42.5 Å². The van der Waals surface area contributed by atoms with Gasteiger partial charge in [-0.15, -0.1) is 0 Å². The van der Waals surface area contributed by atoms with Crippen LogP contribution in [0, 0.1) is 0 Å². The zero-order chi connectivity index (χ0) is 16.4. The van der Waals surface area contributed by atoms with E-state index >= 15 is 0 Å². The number of nitrogens with two attached hydrogens (primary N) is 1. The number of nitrogens with zero attached hydrogens (tertiary/aromatic N) is 1. The van der Waals surface area contributed by atoms with E-state index in [1.54, 1.807) is 17.0 Å². The van der Waals surface area contributed by atoms with E-state index in [4.69, 9.17) is 9.88 Å². The summed E-state index contributed by atoms with van der Waals surface area (Å²) < 4.78 is 28.2. The second kappa shape index (κ2) is 6.46. The Bertz CT molecular complexity index is 699. The fourth-order valence-electron chi connectivity index (χ4n) is 2.99. The second-order valence-corrected chi connectivity index (χ2v) is 7.54. The summed E-state index contributed by atoms with van der Waals surface area (Å²) in [6.45, 7) is 2.36. The third-order valence-electron chi connectivity index (χ3n) is 4.35. The number of ether oxygens (including phenoxy) is 1. The topological polar surface area (TPSA) is 102 Å². The molecule has 0 radical (unpaired) electrons. The molecule has 3 N–H and O–H groups in total. The highest BCUT2D eigenvalue weighted by Crippen LogP contribution is 2.22. The van der Waals surface area contributed by atoms with Crippen molar-refractivity contribution in [3.63, 3.8) is 0 Å². The summed E-state index contributed by atoms with van der Waals surface area (Å²) in [6, 6.07) is 4.91. The number of carbonyl (C=O) groups is 1. The minimum absolute atomic E-state index is 0.0861. The third kappa shape index (κ3) is 3.82. The van der Waals surface area contributed by atoms with Crippen molar-refractivity contribution in [2.45, 2.75) is 36.7 Å². The van der Waals surface area contributed by atoms with Crippen molar-refractivity contribution in [3.05, 3.63) is 29.3 Å². The summed E-state index contributed by atoms with van der Waals surface area (Å²) in [5.74, 6) is 0. The lowest BCUT2D eigenvalue weighted by Crippen LogP contribution is -2.48. The van der Waals surface area contributed by atoms with Crippen molar-refractivity contribution in [2.24, 2.45) is 5.14 Å². The number of primary sulfonamides is 1. The van der Waals surface area contributed by atoms with Gasteiger partial charge in [-0.3, -0.25) is 0 Å². The van der Waals surface area contributed by atoms with Crippen LogP contribution in [-0.2, 0) is 27.7 Å². The molecule has 0 spiro atoms. The van der Waals surface area contributed by atoms with E-state index < -0.39 is 10.0 Å². The van der Waals surface area contributed by atoms with Crippen LogP contribution in [0.3, 0.4) is 0 Å². The average Bonchev–Trinajstić information content (AvgIpc) is 2.54. The molecule has 0 bridgehead atoms. The van der Waals surface area contributed by atoms with Crippen LogP contribution in [0.5, 0.6) is 0 Å². The molecule has 2 heterocycles. The minimum atomic E-state index is -3.73. The first-order chi connectivity index (χ1) is 10.9. The minimum Gasteiger partial charge on any atom is -0.381 e. The third-order valence-corrected chi connectivity index (χ3v) is 5.27. The zero-order valence-electron chi connectivity index (χ0n) is 12.8. The number of rotatable bonds is 2. The number of fused-ring (bicyclic) bond motifs is 1. The molecule has 0 unspecified atom stereocenters. The molecular weight excluding hydrogens is 318 g/mol. The van der Waals surface area contributed by atoms with Crippen molar-refractivity contribution in [3.8, 4) is 0 Å². The maximum absolute atomic E-state index is 12.4. The van der Waals surface area contributed by atoms with Crippen molar-refractivity contribution in [1.29, 1.82) is 0 Å². The van der Waals surface area contributed by atoms with Gasteiger partial charge >= 0.3 is 6.03 Å². The van der Waals surface area contributed by atoms with Gasteiger partial charge in [-0.25, -0.2) is 18.4 Å². The summed E-state index contributed by atoms with van der Waals surface area (Å²) in [5.41, 5.74) is 1.90. The van der Waals surface area contributed by atoms with Crippen molar-refractivity contribution >= 4 is 16.1 Å². The molecule has 1 aromatic carbocycles. The van der Waals surface area contributed by atoms with Crippen LogP contribution in [0.1, 0.15) is 24.0 Å².